The molecule has 4 nitrogen and oxygen atoms in total. The summed E-state index contributed by atoms with van der Waals surface area (Å²) in [5, 5.41) is 0. The standard InChI is InChI=1S/C14H18O4/c1-3-4-11(14(15)16-2)10-5-6-12-13(9-10)18-8-7-17-12/h5-6,9,11H,3-4,7-8H2,1-2H3. The first-order valence-corrected chi connectivity index (χ1v) is 6.23. The van der Waals surface area contributed by atoms with E-state index in [1.165, 1.54) is 7.11 Å². The number of esters is 1. The van der Waals surface area contributed by atoms with E-state index in [9.17, 15) is 4.79 Å². The van der Waals surface area contributed by atoms with Crippen LogP contribution in [0.1, 0.15) is 31.2 Å². The van der Waals surface area contributed by atoms with Gasteiger partial charge in [-0.25, -0.2) is 0 Å². The van der Waals surface area contributed by atoms with E-state index in [0.29, 0.717) is 19.0 Å². The predicted molar refractivity (Wildman–Crippen MR) is 67.1 cm³/mol. The molecule has 1 unspecified atom stereocenters. The Bertz CT molecular complexity index is 428. The lowest BCUT2D eigenvalue weighted by atomic mass is 9.94. The zero-order valence-corrected chi connectivity index (χ0v) is 10.8. The fraction of sp³-hybridized carbons (Fsp3) is 0.500. The van der Waals surface area contributed by atoms with Crippen molar-refractivity contribution in [1.82, 2.24) is 0 Å². The van der Waals surface area contributed by atoms with Gasteiger partial charge in [0.2, 0.25) is 0 Å². The summed E-state index contributed by atoms with van der Waals surface area (Å²) in [6.07, 6.45) is 1.69. The van der Waals surface area contributed by atoms with Gasteiger partial charge in [-0.05, 0) is 24.1 Å². The van der Waals surface area contributed by atoms with E-state index in [1.54, 1.807) is 0 Å². The summed E-state index contributed by atoms with van der Waals surface area (Å²) < 4.78 is 15.8. The van der Waals surface area contributed by atoms with Crippen LogP contribution in [-0.4, -0.2) is 26.3 Å². The Kier molecular flexibility index (Phi) is 4.07. The van der Waals surface area contributed by atoms with Crippen LogP contribution in [-0.2, 0) is 9.53 Å². The van der Waals surface area contributed by atoms with Crippen molar-refractivity contribution in [3.8, 4) is 11.5 Å². The van der Waals surface area contributed by atoms with Gasteiger partial charge in [-0.2, -0.15) is 0 Å². The summed E-state index contributed by atoms with van der Waals surface area (Å²) in [6.45, 7) is 3.17. The molecule has 2 rings (SSSR count). The van der Waals surface area contributed by atoms with Crippen molar-refractivity contribution in [3.05, 3.63) is 23.8 Å². The summed E-state index contributed by atoms with van der Waals surface area (Å²) in [4.78, 5) is 11.8. The van der Waals surface area contributed by atoms with Crippen LogP contribution in [0, 0.1) is 0 Å². The number of methoxy groups -OCH3 is 1. The third-order valence-corrected chi connectivity index (χ3v) is 3.03. The van der Waals surface area contributed by atoms with Gasteiger partial charge >= 0.3 is 5.97 Å². The van der Waals surface area contributed by atoms with Crippen molar-refractivity contribution < 1.29 is 19.0 Å². The number of fused-ring (bicyclic) bond motifs is 1. The third kappa shape index (κ3) is 2.58. The summed E-state index contributed by atoms with van der Waals surface area (Å²) in [5.74, 6) is 1.03. The number of hydrogen-bond donors (Lipinski definition) is 0. The second-order valence-electron chi connectivity index (χ2n) is 4.27. The molecule has 98 valence electrons. The van der Waals surface area contributed by atoms with Crippen LogP contribution in [0.3, 0.4) is 0 Å². The second kappa shape index (κ2) is 5.76. The van der Waals surface area contributed by atoms with Crippen LogP contribution >= 0.6 is 0 Å². The highest BCUT2D eigenvalue weighted by Crippen LogP contribution is 2.34. The molecule has 0 N–H and O–H groups in total. The molecule has 4 heteroatoms. The molecule has 1 aliphatic rings. The van der Waals surface area contributed by atoms with Crippen LogP contribution in [0.2, 0.25) is 0 Å². The molecule has 1 atom stereocenters. The lowest BCUT2D eigenvalue weighted by molar-refractivity contribution is -0.142. The van der Waals surface area contributed by atoms with E-state index >= 15 is 0 Å². The quantitative estimate of drug-likeness (QED) is 0.770. The highest BCUT2D eigenvalue weighted by Gasteiger charge is 2.22. The van der Waals surface area contributed by atoms with Crippen molar-refractivity contribution in [1.29, 1.82) is 0 Å². The fourth-order valence-electron chi connectivity index (χ4n) is 2.13. The Labute approximate surface area is 107 Å². The largest absolute Gasteiger partial charge is 0.486 e. The normalized spacial score (nSPS) is 15.0. The summed E-state index contributed by atoms with van der Waals surface area (Å²) >= 11 is 0. The van der Waals surface area contributed by atoms with E-state index in [4.69, 9.17) is 14.2 Å². The molecule has 18 heavy (non-hydrogen) atoms. The Hall–Kier alpha value is -1.71. The van der Waals surface area contributed by atoms with Crippen LogP contribution in [0.5, 0.6) is 11.5 Å². The summed E-state index contributed by atoms with van der Waals surface area (Å²) in [6, 6.07) is 5.64. The molecular weight excluding hydrogens is 232 g/mol. The molecule has 0 radical (unpaired) electrons. The molecule has 1 heterocycles. The van der Waals surface area contributed by atoms with Gasteiger partial charge in [0.1, 0.15) is 13.2 Å². The number of benzene rings is 1. The monoisotopic (exact) mass is 250 g/mol. The second-order valence-corrected chi connectivity index (χ2v) is 4.27. The zero-order chi connectivity index (χ0) is 13.0. The summed E-state index contributed by atoms with van der Waals surface area (Å²) in [7, 11) is 1.42. The number of carbonyl (C=O) groups is 1. The van der Waals surface area contributed by atoms with Gasteiger partial charge in [0.25, 0.3) is 0 Å². The Balaban J connectivity index is 2.27. The Morgan fingerprint density at radius 3 is 2.72 bits per heavy atom. The third-order valence-electron chi connectivity index (χ3n) is 3.03. The fourth-order valence-corrected chi connectivity index (χ4v) is 2.13. The van der Waals surface area contributed by atoms with E-state index < -0.39 is 0 Å². The van der Waals surface area contributed by atoms with E-state index in [-0.39, 0.29) is 11.9 Å². The minimum atomic E-state index is -0.226. The number of hydrogen-bond acceptors (Lipinski definition) is 4. The highest BCUT2D eigenvalue weighted by molar-refractivity contribution is 5.78. The summed E-state index contributed by atoms with van der Waals surface area (Å²) in [5.41, 5.74) is 0.924. The van der Waals surface area contributed by atoms with Gasteiger partial charge in [0, 0.05) is 0 Å². The number of rotatable bonds is 4. The lowest BCUT2D eigenvalue weighted by Crippen LogP contribution is -2.17. The van der Waals surface area contributed by atoms with Crippen molar-refractivity contribution in [2.24, 2.45) is 0 Å². The van der Waals surface area contributed by atoms with Crippen molar-refractivity contribution >= 4 is 5.97 Å². The maximum absolute atomic E-state index is 11.8. The minimum Gasteiger partial charge on any atom is -0.486 e. The molecule has 1 aromatic carbocycles. The van der Waals surface area contributed by atoms with Gasteiger partial charge in [0.15, 0.2) is 11.5 Å². The maximum atomic E-state index is 11.8. The van der Waals surface area contributed by atoms with Gasteiger partial charge in [0.05, 0.1) is 13.0 Å². The lowest BCUT2D eigenvalue weighted by Gasteiger charge is -2.21. The maximum Gasteiger partial charge on any atom is 0.313 e. The molecule has 0 spiro atoms. The average molecular weight is 250 g/mol. The van der Waals surface area contributed by atoms with Crippen LogP contribution in [0.4, 0.5) is 0 Å². The van der Waals surface area contributed by atoms with Crippen molar-refractivity contribution in [3.63, 3.8) is 0 Å². The Morgan fingerprint density at radius 1 is 1.33 bits per heavy atom. The predicted octanol–water partition coefficient (Wildman–Crippen LogP) is 2.51. The highest BCUT2D eigenvalue weighted by atomic mass is 16.6. The molecule has 0 fully saturated rings. The topological polar surface area (TPSA) is 44.8 Å². The first kappa shape index (κ1) is 12.7. The first-order valence-electron chi connectivity index (χ1n) is 6.23. The van der Waals surface area contributed by atoms with Crippen molar-refractivity contribution in [2.75, 3.05) is 20.3 Å². The zero-order valence-electron chi connectivity index (χ0n) is 10.8. The average Bonchev–Trinajstić information content (AvgIpc) is 2.43. The minimum absolute atomic E-state index is 0.200. The molecule has 1 aromatic rings. The molecule has 0 amide bonds. The Morgan fingerprint density at radius 2 is 2.06 bits per heavy atom. The van der Waals surface area contributed by atoms with E-state index in [2.05, 4.69) is 0 Å². The molecule has 0 aromatic heterocycles. The molecule has 0 aliphatic carbocycles. The van der Waals surface area contributed by atoms with E-state index in [0.717, 1.165) is 24.2 Å². The van der Waals surface area contributed by atoms with Gasteiger partial charge in [-0.1, -0.05) is 19.4 Å². The van der Waals surface area contributed by atoms with Crippen molar-refractivity contribution in [2.45, 2.75) is 25.7 Å². The molecule has 0 bridgehead atoms. The van der Waals surface area contributed by atoms with Crippen LogP contribution < -0.4 is 9.47 Å². The van der Waals surface area contributed by atoms with Gasteiger partial charge < -0.3 is 14.2 Å². The molecular formula is C14H18O4. The SMILES string of the molecule is CCCC(C(=O)OC)c1ccc2c(c1)OCCO2. The van der Waals surface area contributed by atoms with Gasteiger partial charge in [-0.3, -0.25) is 4.79 Å². The first-order chi connectivity index (χ1) is 8.76. The van der Waals surface area contributed by atoms with E-state index in [1.807, 2.05) is 25.1 Å². The number of carbonyl (C=O) groups excluding carboxylic acids is 1. The number of ether oxygens (including phenoxy) is 3. The smallest absolute Gasteiger partial charge is 0.313 e. The molecule has 1 aliphatic heterocycles. The van der Waals surface area contributed by atoms with Crippen LogP contribution in [0.15, 0.2) is 18.2 Å². The van der Waals surface area contributed by atoms with Gasteiger partial charge in [-0.15, -0.1) is 0 Å². The molecule has 0 saturated heterocycles. The molecule has 0 saturated carbocycles. The van der Waals surface area contributed by atoms with Crippen LogP contribution in [0.25, 0.3) is 0 Å².